The van der Waals surface area contributed by atoms with Gasteiger partial charge in [0.1, 0.15) is 0 Å². The van der Waals surface area contributed by atoms with Gasteiger partial charge in [0.25, 0.3) is 0 Å². The second-order valence-electron chi connectivity index (χ2n) is 5.94. The molecule has 2 N–H and O–H groups in total. The lowest BCUT2D eigenvalue weighted by Crippen LogP contribution is -2.39. The van der Waals surface area contributed by atoms with Gasteiger partial charge >= 0.3 is 0 Å². The van der Waals surface area contributed by atoms with Crippen molar-refractivity contribution in [3.8, 4) is 0 Å². The van der Waals surface area contributed by atoms with Crippen molar-refractivity contribution in [3.63, 3.8) is 0 Å². The van der Waals surface area contributed by atoms with E-state index >= 15 is 0 Å². The Morgan fingerprint density at radius 2 is 2.15 bits per heavy atom. The zero-order chi connectivity index (χ0) is 14.7. The van der Waals surface area contributed by atoms with Gasteiger partial charge in [-0.05, 0) is 79.3 Å². The van der Waals surface area contributed by atoms with Crippen LogP contribution in [-0.4, -0.2) is 24.0 Å². The standard InChI is InChI=1S/C16H24BrClN2/c1-11(2)20-8-4-3-5-13(10-19)16(20)12-6-7-14(17)15(18)9-12/h6-7,9,11,13,16H,3-5,8,10,19H2,1-2H3. The predicted octanol–water partition coefficient (Wildman–Crippen LogP) is 4.61. The first-order chi connectivity index (χ1) is 9.54. The van der Waals surface area contributed by atoms with Gasteiger partial charge in [-0.15, -0.1) is 0 Å². The molecule has 20 heavy (non-hydrogen) atoms. The predicted molar refractivity (Wildman–Crippen MR) is 90.1 cm³/mol. The summed E-state index contributed by atoms with van der Waals surface area (Å²) < 4.78 is 0.955. The number of rotatable bonds is 3. The van der Waals surface area contributed by atoms with Crippen LogP contribution < -0.4 is 5.73 Å². The Hall–Kier alpha value is -0.0900. The molecule has 1 aromatic rings. The van der Waals surface area contributed by atoms with E-state index in [2.05, 4.69) is 52.9 Å². The molecule has 2 unspecified atom stereocenters. The Morgan fingerprint density at radius 3 is 2.75 bits per heavy atom. The number of nitrogens with zero attached hydrogens (tertiary/aromatic N) is 1. The monoisotopic (exact) mass is 358 g/mol. The van der Waals surface area contributed by atoms with Crippen LogP contribution in [-0.2, 0) is 0 Å². The molecule has 0 amide bonds. The Bertz CT molecular complexity index is 450. The molecule has 1 aliphatic heterocycles. The van der Waals surface area contributed by atoms with E-state index in [1.54, 1.807) is 0 Å². The highest BCUT2D eigenvalue weighted by molar-refractivity contribution is 9.10. The summed E-state index contributed by atoms with van der Waals surface area (Å²) in [7, 11) is 0. The number of nitrogens with two attached hydrogens (primary N) is 1. The van der Waals surface area contributed by atoms with E-state index in [4.69, 9.17) is 17.3 Å². The van der Waals surface area contributed by atoms with Crippen LogP contribution in [0.15, 0.2) is 22.7 Å². The minimum absolute atomic E-state index is 0.382. The van der Waals surface area contributed by atoms with Gasteiger partial charge in [-0.2, -0.15) is 0 Å². The SMILES string of the molecule is CC(C)N1CCCCC(CN)C1c1ccc(Br)c(Cl)c1. The van der Waals surface area contributed by atoms with E-state index in [0.29, 0.717) is 18.0 Å². The van der Waals surface area contributed by atoms with Crippen molar-refractivity contribution >= 4 is 27.5 Å². The Morgan fingerprint density at radius 1 is 1.40 bits per heavy atom. The van der Waals surface area contributed by atoms with Crippen molar-refractivity contribution in [2.45, 2.75) is 45.2 Å². The molecule has 0 aromatic heterocycles. The quantitative estimate of drug-likeness (QED) is 0.853. The lowest BCUT2D eigenvalue weighted by atomic mass is 9.88. The summed E-state index contributed by atoms with van der Waals surface area (Å²) >= 11 is 9.77. The minimum Gasteiger partial charge on any atom is -0.330 e. The molecule has 1 heterocycles. The molecule has 0 aliphatic carbocycles. The molecule has 2 rings (SSSR count). The largest absolute Gasteiger partial charge is 0.330 e. The fraction of sp³-hybridized carbons (Fsp3) is 0.625. The van der Waals surface area contributed by atoms with Gasteiger partial charge in [-0.3, -0.25) is 4.90 Å². The summed E-state index contributed by atoms with van der Waals surface area (Å²) in [4.78, 5) is 2.59. The van der Waals surface area contributed by atoms with E-state index in [-0.39, 0.29) is 0 Å². The van der Waals surface area contributed by atoms with Crippen molar-refractivity contribution in [1.29, 1.82) is 0 Å². The topological polar surface area (TPSA) is 29.3 Å². The first-order valence-electron chi connectivity index (χ1n) is 7.45. The molecule has 1 aromatic carbocycles. The van der Waals surface area contributed by atoms with Gasteiger partial charge in [0, 0.05) is 16.6 Å². The highest BCUT2D eigenvalue weighted by atomic mass is 79.9. The molecule has 0 radical (unpaired) electrons. The fourth-order valence-corrected chi connectivity index (χ4v) is 3.69. The summed E-state index contributed by atoms with van der Waals surface area (Å²) in [6.45, 7) is 6.42. The van der Waals surface area contributed by atoms with Crippen LogP contribution in [0.2, 0.25) is 5.02 Å². The van der Waals surface area contributed by atoms with Crippen LogP contribution >= 0.6 is 27.5 Å². The number of hydrogen-bond acceptors (Lipinski definition) is 2. The molecule has 0 saturated carbocycles. The van der Waals surface area contributed by atoms with Crippen molar-refractivity contribution in [1.82, 2.24) is 4.90 Å². The van der Waals surface area contributed by atoms with Gasteiger partial charge in [-0.25, -0.2) is 0 Å². The first-order valence-corrected chi connectivity index (χ1v) is 8.62. The minimum atomic E-state index is 0.382. The number of hydrogen-bond donors (Lipinski definition) is 1. The molecule has 2 nitrogen and oxygen atoms in total. The molecule has 1 fully saturated rings. The highest BCUT2D eigenvalue weighted by Crippen LogP contribution is 2.38. The number of likely N-dealkylation sites (tertiary alicyclic amines) is 1. The van der Waals surface area contributed by atoms with Crippen LogP contribution in [0.25, 0.3) is 0 Å². The molecule has 0 bridgehead atoms. The van der Waals surface area contributed by atoms with Crippen LogP contribution in [0, 0.1) is 5.92 Å². The summed E-state index contributed by atoms with van der Waals surface area (Å²) in [5, 5.41) is 0.784. The summed E-state index contributed by atoms with van der Waals surface area (Å²) in [5.41, 5.74) is 7.36. The van der Waals surface area contributed by atoms with Crippen molar-refractivity contribution in [2.75, 3.05) is 13.1 Å². The average molecular weight is 360 g/mol. The molecule has 2 atom stereocenters. The number of halogens is 2. The van der Waals surface area contributed by atoms with E-state index in [0.717, 1.165) is 22.6 Å². The van der Waals surface area contributed by atoms with E-state index in [9.17, 15) is 0 Å². The van der Waals surface area contributed by atoms with Gasteiger partial charge in [-0.1, -0.05) is 24.1 Å². The van der Waals surface area contributed by atoms with Crippen LogP contribution in [0.5, 0.6) is 0 Å². The Kier molecular flexibility index (Phi) is 5.91. The molecule has 4 heteroatoms. The van der Waals surface area contributed by atoms with Crippen molar-refractivity contribution in [3.05, 3.63) is 33.3 Å². The highest BCUT2D eigenvalue weighted by Gasteiger charge is 2.31. The van der Waals surface area contributed by atoms with Gasteiger partial charge in [0.2, 0.25) is 0 Å². The van der Waals surface area contributed by atoms with Crippen LogP contribution in [0.3, 0.4) is 0 Å². The maximum atomic E-state index is 6.30. The van der Waals surface area contributed by atoms with Crippen LogP contribution in [0.1, 0.15) is 44.7 Å². The maximum Gasteiger partial charge on any atom is 0.0551 e. The molecule has 0 spiro atoms. The van der Waals surface area contributed by atoms with E-state index in [1.807, 2.05) is 0 Å². The Labute approximate surface area is 135 Å². The summed E-state index contributed by atoms with van der Waals surface area (Å²) in [6.07, 6.45) is 3.74. The number of benzene rings is 1. The molecular formula is C16H24BrClN2. The third-order valence-electron chi connectivity index (χ3n) is 4.30. The third kappa shape index (κ3) is 3.56. The lowest BCUT2D eigenvalue weighted by Gasteiger charge is -2.38. The van der Waals surface area contributed by atoms with E-state index in [1.165, 1.54) is 24.8 Å². The molecule has 1 saturated heterocycles. The second-order valence-corrected chi connectivity index (χ2v) is 7.20. The first kappa shape index (κ1) is 16.3. The van der Waals surface area contributed by atoms with Gasteiger partial charge < -0.3 is 5.73 Å². The van der Waals surface area contributed by atoms with Crippen molar-refractivity contribution in [2.24, 2.45) is 11.7 Å². The normalized spacial score (nSPS) is 24.9. The van der Waals surface area contributed by atoms with Crippen LogP contribution in [0.4, 0.5) is 0 Å². The van der Waals surface area contributed by atoms with Crippen molar-refractivity contribution < 1.29 is 0 Å². The lowest BCUT2D eigenvalue weighted by molar-refractivity contribution is 0.121. The summed E-state index contributed by atoms with van der Waals surface area (Å²) in [6, 6.07) is 7.24. The van der Waals surface area contributed by atoms with E-state index < -0.39 is 0 Å². The zero-order valence-corrected chi connectivity index (χ0v) is 14.6. The fourth-order valence-electron chi connectivity index (χ4n) is 3.25. The van der Waals surface area contributed by atoms with Gasteiger partial charge in [0.05, 0.1) is 5.02 Å². The molecular weight excluding hydrogens is 336 g/mol. The maximum absolute atomic E-state index is 6.30. The molecule has 112 valence electrons. The smallest absolute Gasteiger partial charge is 0.0551 e. The average Bonchev–Trinajstić information content (AvgIpc) is 2.64. The summed E-state index contributed by atoms with van der Waals surface area (Å²) in [5.74, 6) is 0.511. The molecule has 1 aliphatic rings. The third-order valence-corrected chi connectivity index (χ3v) is 5.53. The Balaban J connectivity index is 2.40. The zero-order valence-electron chi connectivity index (χ0n) is 12.3. The second kappa shape index (κ2) is 7.26. The van der Waals surface area contributed by atoms with Gasteiger partial charge in [0.15, 0.2) is 0 Å².